The number of hydrogen-bond donors (Lipinski definition) is 2. The second kappa shape index (κ2) is 9.69. The molecule has 0 fully saturated rings. The monoisotopic (exact) mass is 376 g/mol. The van der Waals surface area contributed by atoms with E-state index in [1.165, 1.54) is 0 Å². The second-order valence-corrected chi connectivity index (χ2v) is 6.34. The van der Waals surface area contributed by atoms with Gasteiger partial charge in [-0.1, -0.05) is 48.6 Å². The van der Waals surface area contributed by atoms with E-state index < -0.39 is 0 Å². The fourth-order valence-electron chi connectivity index (χ4n) is 2.68. The highest BCUT2D eigenvalue weighted by atomic mass is 16.5. The summed E-state index contributed by atoms with van der Waals surface area (Å²) in [4.78, 5) is 4.57. The van der Waals surface area contributed by atoms with E-state index in [0.717, 1.165) is 33.9 Å². The number of rotatable bonds is 8. The molecule has 0 amide bonds. The highest BCUT2D eigenvalue weighted by Gasteiger charge is 2.12. The Bertz CT molecular complexity index is 959. The Morgan fingerprint density at radius 2 is 2.00 bits per heavy atom. The van der Waals surface area contributed by atoms with Gasteiger partial charge in [0.15, 0.2) is 0 Å². The van der Waals surface area contributed by atoms with Crippen LogP contribution in [0, 0.1) is 6.92 Å². The number of aryl methyl sites for hydroxylation is 1. The lowest BCUT2D eigenvalue weighted by atomic mass is 10.1. The summed E-state index contributed by atoms with van der Waals surface area (Å²) >= 11 is 0. The van der Waals surface area contributed by atoms with E-state index in [-0.39, 0.29) is 0 Å². The number of benzene rings is 2. The van der Waals surface area contributed by atoms with Crippen molar-refractivity contribution < 1.29 is 14.4 Å². The molecule has 0 unspecified atom stereocenters. The van der Waals surface area contributed by atoms with Crippen molar-refractivity contribution in [1.29, 1.82) is 0 Å². The van der Waals surface area contributed by atoms with Gasteiger partial charge in [0, 0.05) is 12.1 Å². The molecular weight excluding hydrogens is 352 g/mol. The van der Waals surface area contributed by atoms with E-state index in [2.05, 4.69) is 10.5 Å². The summed E-state index contributed by atoms with van der Waals surface area (Å²) in [6, 6.07) is 17.8. The number of ether oxygens (including phenoxy) is 1. The third-order valence-corrected chi connectivity index (χ3v) is 4.27. The van der Waals surface area contributed by atoms with Crippen molar-refractivity contribution in [1.82, 2.24) is 10.5 Å². The molecule has 0 aliphatic rings. The molecule has 5 nitrogen and oxygen atoms in total. The molecule has 144 valence electrons. The van der Waals surface area contributed by atoms with Crippen LogP contribution in [-0.2, 0) is 6.61 Å². The van der Waals surface area contributed by atoms with Crippen molar-refractivity contribution in [2.45, 2.75) is 20.5 Å². The van der Waals surface area contributed by atoms with Crippen LogP contribution in [0.3, 0.4) is 0 Å². The van der Waals surface area contributed by atoms with Gasteiger partial charge in [0.25, 0.3) is 0 Å². The van der Waals surface area contributed by atoms with Crippen molar-refractivity contribution in [3.8, 4) is 17.2 Å². The summed E-state index contributed by atoms with van der Waals surface area (Å²) in [5, 5.41) is 8.57. The van der Waals surface area contributed by atoms with Gasteiger partial charge < -0.3 is 14.4 Å². The molecule has 3 rings (SSSR count). The van der Waals surface area contributed by atoms with Gasteiger partial charge >= 0.3 is 0 Å². The molecule has 0 aliphatic heterocycles. The molecule has 0 spiro atoms. The minimum absolute atomic E-state index is 0.344. The molecule has 0 atom stereocenters. The van der Waals surface area contributed by atoms with Gasteiger partial charge in [0.2, 0.25) is 5.89 Å². The maximum atomic E-state index is 8.57. The lowest BCUT2D eigenvalue weighted by Gasteiger charge is -2.07. The number of nitrogens with zero attached hydrogens (tertiary/aromatic N) is 1. The van der Waals surface area contributed by atoms with Crippen molar-refractivity contribution in [3.63, 3.8) is 0 Å². The molecule has 28 heavy (non-hydrogen) atoms. The zero-order valence-corrected chi connectivity index (χ0v) is 16.1. The van der Waals surface area contributed by atoms with Crippen LogP contribution in [0.5, 0.6) is 5.75 Å². The number of oxazole rings is 1. The van der Waals surface area contributed by atoms with Gasteiger partial charge in [-0.15, -0.1) is 0 Å². The van der Waals surface area contributed by atoms with Crippen LogP contribution < -0.4 is 10.2 Å². The first-order valence-corrected chi connectivity index (χ1v) is 9.12. The Balaban J connectivity index is 1.68. The molecular formula is C23H24N2O3. The van der Waals surface area contributed by atoms with Crippen molar-refractivity contribution in [2.75, 3.05) is 6.54 Å². The molecule has 1 heterocycles. The molecule has 0 saturated heterocycles. The van der Waals surface area contributed by atoms with Crippen LogP contribution in [0.25, 0.3) is 17.0 Å². The summed E-state index contributed by atoms with van der Waals surface area (Å²) in [6.07, 6.45) is 5.72. The zero-order valence-electron chi connectivity index (χ0n) is 16.1. The predicted octanol–water partition coefficient (Wildman–Crippen LogP) is 5.17. The molecule has 2 N–H and O–H groups in total. The number of hydroxylamine groups is 1. The minimum Gasteiger partial charge on any atom is -0.487 e. The number of aromatic nitrogens is 1. The average molecular weight is 376 g/mol. The van der Waals surface area contributed by atoms with Crippen LogP contribution in [-0.4, -0.2) is 16.7 Å². The SMILES string of the molecule is C/C(=C\C=C\CNO)c1cccc(OCc2nc(-c3ccccc3)oc2C)c1. The molecule has 0 aliphatic carbocycles. The Morgan fingerprint density at radius 1 is 1.18 bits per heavy atom. The standard InChI is InChI=1S/C23H24N2O3/c1-17(9-6-7-14-24-26)20-12-8-13-21(15-20)27-16-22-18(2)28-23(25-22)19-10-4-3-5-11-19/h3-13,15,24,26H,14,16H2,1-2H3/b7-6+,17-9+. The first kappa shape index (κ1) is 19.6. The number of hydrogen-bond acceptors (Lipinski definition) is 5. The third-order valence-electron chi connectivity index (χ3n) is 4.27. The van der Waals surface area contributed by atoms with Crippen LogP contribution in [0.4, 0.5) is 0 Å². The average Bonchev–Trinajstić information content (AvgIpc) is 3.11. The highest BCUT2D eigenvalue weighted by molar-refractivity contribution is 5.66. The fourth-order valence-corrected chi connectivity index (χ4v) is 2.68. The van der Waals surface area contributed by atoms with Gasteiger partial charge in [-0.25, -0.2) is 10.5 Å². The summed E-state index contributed by atoms with van der Waals surface area (Å²) < 4.78 is 11.7. The van der Waals surface area contributed by atoms with Gasteiger partial charge in [0.05, 0.1) is 0 Å². The maximum Gasteiger partial charge on any atom is 0.226 e. The predicted molar refractivity (Wildman–Crippen MR) is 110 cm³/mol. The maximum absolute atomic E-state index is 8.57. The van der Waals surface area contributed by atoms with Gasteiger partial charge in [-0.05, 0) is 49.2 Å². The second-order valence-electron chi connectivity index (χ2n) is 6.34. The van der Waals surface area contributed by atoms with E-state index in [1.54, 1.807) is 0 Å². The summed E-state index contributed by atoms with van der Waals surface area (Å²) in [7, 11) is 0. The third kappa shape index (κ3) is 5.19. The summed E-state index contributed by atoms with van der Waals surface area (Å²) in [6.45, 7) is 4.68. The molecule has 5 heteroatoms. The summed E-state index contributed by atoms with van der Waals surface area (Å²) in [5.41, 5.74) is 6.00. The highest BCUT2D eigenvalue weighted by Crippen LogP contribution is 2.24. The topological polar surface area (TPSA) is 67.5 Å². The van der Waals surface area contributed by atoms with Crippen LogP contribution in [0.1, 0.15) is 23.9 Å². The first-order chi connectivity index (χ1) is 13.7. The normalized spacial score (nSPS) is 11.9. The summed E-state index contributed by atoms with van der Waals surface area (Å²) in [5.74, 6) is 2.14. The van der Waals surface area contributed by atoms with Gasteiger partial charge in [0.1, 0.15) is 23.8 Å². The quantitative estimate of drug-likeness (QED) is 0.419. The lowest BCUT2D eigenvalue weighted by molar-refractivity contribution is 0.179. The zero-order chi connectivity index (χ0) is 19.8. The molecule has 3 aromatic rings. The number of nitrogens with one attached hydrogen (secondary N) is 1. The van der Waals surface area contributed by atoms with E-state index in [0.29, 0.717) is 19.0 Å². The van der Waals surface area contributed by atoms with Crippen LogP contribution in [0.2, 0.25) is 0 Å². The fraction of sp³-hybridized carbons (Fsp3) is 0.174. The van der Waals surface area contributed by atoms with Crippen molar-refractivity contribution in [2.24, 2.45) is 0 Å². The molecule has 0 radical (unpaired) electrons. The molecule has 0 bridgehead atoms. The Hall–Kier alpha value is -3.15. The van der Waals surface area contributed by atoms with E-state index >= 15 is 0 Å². The van der Waals surface area contributed by atoms with Gasteiger partial charge in [-0.3, -0.25) is 0 Å². The smallest absolute Gasteiger partial charge is 0.226 e. The van der Waals surface area contributed by atoms with E-state index in [1.807, 2.05) is 86.7 Å². The first-order valence-electron chi connectivity index (χ1n) is 9.12. The van der Waals surface area contributed by atoms with Crippen molar-refractivity contribution in [3.05, 3.63) is 89.8 Å². The van der Waals surface area contributed by atoms with Crippen LogP contribution >= 0.6 is 0 Å². The van der Waals surface area contributed by atoms with E-state index in [9.17, 15) is 0 Å². The Kier molecular flexibility index (Phi) is 6.78. The Morgan fingerprint density at radius 3 is 2.79 bits per heavy atom. The molecule has 0 saturated carbocycles. The lowest BCUT2D eigenvalue weighted by Crippen LogP contribution is -2.04. The van der Waals surface area contributed by atoms with E-state index in [4.69, 9.17) is 14.4 Å². The van der Waals surface area contributed by atoms with Gasteiger partial charge in [-0.2, -0.15) is 0 Å². The molecule has 1 aromatic heterocycles. The number of allylic oxidation sites excluding steroid dienone is 3. The Labute approximate surface area is 165 Å². The van der Waals surface area contributed by atoms with Crippen LogP contribution in [0.15, 0.2) is 77.2 Å². The largest absolute Gasteiger partial charge is 0.487 e. The minimum atomic E-state index is 0.344. The van der Waals surface area contributed by atoms with Crippen molar-refractivity contribution >= 4 is 5.57 Å². The molecule has 2 aromatic carbocycles.